The second-order valence-electron chi connectivity index (χ2n) is 4.96. The highest BCUT2D eigenvalue weighted by Gasteiger charge is 2.36. The first kappa shape index (κ1) is 16.9. The number of ether oxygens (including phenoxy) is 2. The Hall–Kier alpha value is -1.10. The van der Waals surface area contributed by atoms with E-state index in [4.69, 9.17) is 9.47 Å². The Balaban J connectivity index is 0.00000137. The number of amides is 1. The number of nitrogens with zero attached hydrogens (tertiary/aromatic N) is 1. The summed E-state index contributed by atoms with van der Waals surface area (Å²) in [5.41, 5.74) is -0.541. The average Bonchev–Trinajstić information content (AvgIpc) is 2.61. The fourth-order valence-electron chi connectivity index (χ4n) is 1.63. The van der Waals surface area contributed by atoms with E-state index in [9.17, 15) is 9.59 Å². The molecule has 1 rings (SSSR count). The summed E-state index contributed by atoms with van der Waals surface area (Å²) in [5.74, 6) is 0.0490. The minimum Gasteiger partial charge on any atom is -0.444 e. The molecule has 1 fully saturated rings. The van der Waals surface area contributed by atoms with Crippen molar-refractivity contribution in [3.05, 3.63) is 0 Å². The van der Waals surface area contributed by atoms with Crippen molar-refractivity contribution < 1.29 is 19.1 Å². The second-order valence-corrected chi connectivity index (χ2v) is 4.96. The standard InChI is InChI=1S/C11H19NO4.C2H6/c1-11(2,3)16-10(14)12-6-9(13)5-8(12)7-15-4;1-2/h8H,5-7H2,1-4H3;1-2H3. The van der Waals surface area contributed by atoms with Gasteiger partial charge in [-0.15, -0.1) is 0 Å². The number of Topliss-reactive ketones (excluding diaryl/α,β-unsaturated/α-hetero) is 1. The Morgan fingerprint density at radius 3 is 2.39 bits per heavy atom. The highest BCUT2D eigenvalue weighted by molar-refractivity contribution is 5.88. The van der Waals surface area contributed by atoms with Crippen molar-refractivity contribution >= 4 is 11.9 Å². The minimum absolute atomic E-state index is 0.0490. The second kappa shape index (κ2) is 7.36. The summed E-state index contributed by atoms with van der Waals surface area (Å²) in [5, 5.41) is 0. The molecule has 1 atom stereocenters. The quantitative estimate of drug-likeness (QED) is 0.763. The van der Waals surface area contributed by atoms with Crippen molar-refractivity contribution in [3.8, 4) is 0 Å². The molecule has 5 heteroatoms. The Kier molecular flexibility index (Phi) is 6.91. The van der Waals surface area contributed by atoms with Crippen LogP contribution in [0.1, 0.15) is 41.0 Å². The number of likely N-dealkylation sites (tertiary alicyclic amines) is 1. The molecule has 5 nitrogen and oxygen atoms in total. The predicted molar refractivity (Wildman–Crippen MR) is 69.6 cm³/mol. The zero-order valence-electron chi connectivity index (χ0n) is 12.3. The van der Waals surface area contributed by atoms with E-state index in [-0.39, 0.29) is 18.4 Å². The lowest BCUT2D eigenvalue weighted by molar-refractivity contribution is -0.117. The maximum atomic E-state index is 11.8. The van der Waals surface area contributed by atoms with Crippen LogP contribution in [-0.2, 0) is 14.3 Å². The molecule has 1 heterocycles. The van der Waals surface area contributed by atoms with Crippen molar-refractivity contribution in [2.45, 2.75) is 52.7 Å². The van der Waals surface area contributed by atoms with E-state index in [1.54, 1.807) is 27.9 Å². The third-order valence-corrected chi connectivity index (χ3v) is 2.24. The summed E-state index contributed by atoms with van der Waals surface area (Å²) in [6.07, 6.45) is -0.0898. The van der Waals surface area contributed by atoms with Gasteiger partial charge in [-0.05, 0) is 20.8 Å². The van der Waals surface area contributed by atoms with E-state index in [2.05, 4.69) is 0 Å². The van der Waals surface area contributed by atoms with Gasteiger partial charge < -0.3 is 9.47 Å². The van der Waals surface area contributed by atoms with Gasteiger partial charge in [0.2, 0.25) is 0 Å². The molecule has 106 valence electrons. The molecule has 0 radical (unpaired) electrons. The number of carbonyl (C=O) groups is 2. The van der Waals surface area contributed by atoms with Gasteiger partial charge in [0.15, 0.2) is 5.78 Å². The van der Waals surface area contributed by atoms with E-state index in [1.165, 1.54) is 4.90 Å². The van der Waals surface area contributed by atoms with Crippen molar-refractivity contribution in [1.29, 1.82) is 0 Å². The van der Waals surface area contributed by atoms with Gasteiger partial charge in [0, 0.05) is 13.5 Å². The largest absolute Gasteiger partial charge is 0.444 e. The first-order chi connectivity index (χ1) is 8.33. The number of hydrogen-bond donors (Lipinski definition) is 0. The zero-order valence-corrected chi connectivity index (χ0v) is 12.3. The molecule has 0 N–H and O–H groups in total. The maximum Gasteiger partial charge on any atom is 0.411 e. The first-order valence-corrected chi connectivity index (χ1v) is 6.34. The van der Waals surface area contributed by atoms with Crippen LogP contribution in [0, 0.1) is 0 Å². The molecule has 0 saturated carbocycles. The number of carbonyl (C=O) groups excluding carboxylic acids is 2. The third kappa shape index (κ3) is 5.49. The molecule has 0 aromatic carbocycles. The van der Waals surface area contributed by atoms with Crippen LogP contribution in [-0.4, -0.2) is 48.7 Å². The molecule has 0 aromatic heterocycles. The lowest BCUT2D eigenvalue weighted by atomic mass is 10.2. The van der Waals surface area contributed by atoms with Crippen molar-refractivity contribution in [3.63, 3.8) is 0 Å². The average molecular weight is 259 g/mol. The zero-order chi connectivity index (χ0) is 14.3. The maximum absolute atomic E-state index is 11.8. The monoisotopic (exact) mass is 259 g/mol. The van der Waals surface area contributed by atoms with E-state index < -0.39 is 11.7 Å². The SMILES string of the molecule is CC.COCC1CC(=O)CN1C(=O)OC(C)(C)C. The smallest absolute Gasteiger partial charge is 0.411 e. The summed E-state index contributed by atoms with van der Waals surface area (Å²) in [7, 11) is 1.55. The first-order valence-electron chi connectivity index (χ1n) is 6.34. The Labute approximate surface area is 109 Å². The summed E-state index contributed by atoms with van der Waals surface area (Å²) >= 11 is 0. The molecule has 18 heavy (non-hydrogen) atoms. The van der Waals surface area contributed by atoms with Gasteiger partial charge in [0.25, 0.3) is 0 Å². The lowest BCUT2D eigenvalue weighted by Gasteiger charge is -2.27. The summed E-state index contributed by atoms with van der Waals surface area (Å²) < 4.78 is 10.2. The molecular formula is C13H25NO4. The van der Waals surface area contributed by atoms with Crippen LogP contribution in [0.2, 0.25) is 0 Å². The molecule has 0 aliphatic carbocycles. The Morgan fingerprint density at radius 1 is 1.39 bits per heavy atom. The van der Waals surface area contributed by atoms with Crippen molar-refractivity contribution in [2.75, 3.05) is 20.3 Å². The summed E-state index contributed by atoms with van der Waals surface area (Å²) in [4.78, 5) is 24.5. The highest BCUT2D eigenvalue weighted by atomic mass is 16.6. The fourth-order valence-corrected chi connectivity index (χ4v) is 1.63. The minimum atomic E-state index is -0.541. The molecule has 1 unspecified atom stereocenters. The van der Waals surface area contributed by atoms with Crippen LogP contribution < -0.4 is 0 Å². The number of hydrogen-bond acceptors (Lipinski definition) is 4. The van der Waals surface area contributed by atoms with Crippen LogP contribution in [0.5, 0.6) is 0 Å². The van der Waals surface area contributed by atoms with Gasteiger partial charge in [0.1, 0.15) is 5.60 Å². The van der Waals surface area contributed by atoms with E-state index in [1.807, 2.05) is 13.8 Å². The highest BCUT2D eigenvalue weighted by Crippen LogP contribution is 2.18. The predicted octanol–water partition coefficient (Wildman–Crippen LogP) is 2.24. The van der Waals surface area contributed by atoms with E-state index in [0.29, 0.717) is 13.0 Å². The van der Waals surface area contributed by atoms with Crippen molar-refractivity contribution in [1.82, 2.24) is 4.90 Å². The number of rotatable bonds is 2. The number of methoxy groups -OCH3 is 1. The van der Waals surface area contributed by atoms with Crippen LogP contribution in [0.15, 0.2) is 0 Å². The van der Waals surface area contributed by atoms with Crippen LogP contribution >= 0.6 is 0 Å². The fraction of sp³-hybridized carbons (Fsp3) is 0.846. The number of ketones is 1. The Morgan fingerprint density at radius 2 is 1.94 bits per heavy atom. The van der Waals surface area contributed by atoms with Gasteiger partial charge >= 0.3 is 6.09 Å². The lowest BCUT2D eigenvalue weighted by Crippen LogP contribution is -2.41. The molecule has 1 aliphatic rings. The van der Waals surface area contributed by atoms with Gasteiger partial charge in [-0.3, -0.25) is 9.69 Å². The van der Waals surface area contributed by atoms with Crippen LogP contribution in [0.25, 0.3) is 0 Å². The van der Waals surface area contributed by atoms with E-state index in [0.717, 1.165) is 0 Å². The molecule has 0 aromatic rings. The molecule has 1 amide bonds. The van der Waals surface area contributed by atoms with Gasteiger partial charge in [0.05, 0.1) is 19.2 Å². The molecule has 0 spiro atoms. The summed E-state index contributed by atoms with van der Waals surface area (Å²) in [6.45, 7) is 9.89. The van der Waals surface area contributed by atoms with Crippen molar-refractivity contribution in [2.24, 2.45) is 0 Å². The third-order valence-electron chi connectivity index (χ3n) is 2.24. The normalized spacial score (nSPS) is 19.3. The van der Waals surface area contributed by atoms with Gasteiger partial charge in [-0.2, -0.15) is 0 Å². The molecular weight excluding hydrogens is 234 g/mol. The van der Waals surface area contributed by atoms with Gasteiger partial charge in [-0.25, -0.2) is 4.79 Å². The van der Waals surface area contributed by atoms with Gasteiger partial charge in [-0.1, -0.05) is 13.8 Å². The summed E-state index contributed by atoms with van der Waals surface area (Å²) in [6, 6.07) is -0.188. The van der Waals surface area contributed by atoms with E-state index >= 15 is 0 Å². The van der Waals surface area contributed by atoms with Crippen LogP contribution in [0.3, 0.4) is 0 Å². The molecule has 1 aliphatic heterocycles. The molecule has 1 saturated heterocycles. The topological polar surface area (TPSA) is 55.8 Å². The van der Waals surface area contributed by atoms with Crippen LogP contribution in [0.4, 0.5) is 4.79 Å². The molecule has 0 bridgehead atoms. The Bertz CT molecular complexity index is 283.